The lowest BCUT2D eigenvalue weighted by molar-refractivity contribution is 1.20. The number of hydrogen-bond donors (Lipinski definition) is 2. The Morgan fingerprint density at radius 3 is 2.07 bits per heavy atom. The molecule has 76 valence electrons. The van der Waals surface area contributed by atoms with Crippen molar-refractivity contribution in [2.24, 2.45) is 5.73 Å². The highest BCUT2D eigenvalue weighted by Gasteiger charge is 2.09. The van der Waals surface area contributed by atoms with Gasteiger partial charge in [-0.15, -0.1) is 0 Å². The van der Waals surface area contributed by atoms with E-state index in [1.54, 1.807) is 19.2 Å². The minimum Gasteiger partial charge on any atom is -0.370 e. The largest absolute Gasteiger partial charge is 0.370 e. The zero-order valence-electron chi connectivity index (χ0n) is 7.31. The van der Waals surface area contributed by atoms with Crippen molar-refractivity contribution in [1.29, 1.82) is 5.41 Å². The third kappa shape index (κ3) is 2.23. The molecule has 1 rings (SSSR count). The van der Waals surface area contributed by atoms with Crippen molar-refractivity contribution in [3.05, 3.63) is 27.2 Å². The first-order valence-electron chi connectivity index (χ1n) is 3.65. The van der Waals surface area contributed by atoms with Crippen LogP contribution in [0.1, 0.15) is 0 Å². The first kappa shape index (κ1) is 11.4. The number of hydrogen-bond acceptors (Lipinski definition) is 1. The van der Waals surface area contributed by atoms with Crippen LogP contribution in [-0.2, 0) is 0 Å². The van der Waals surface area contributed by atoms with Crippen molar-refractivity contribution in [3.8, 4) is 0 Å². The second-order valence-electron chi connectivity index (χ2n) is 2.67. The Morgan fingerprint density at radius 2 is 1.71 bits per heavy atom. The molecule has 0 spiro atoms. The number of nitrogens with zero attached hydrogens (tertiary/aromatic N) is 1. The Kier molecular flexibility index (Phi) is 3.48. The maximum Gasteiger partial charge on any atom is 0.192 e. The average Bonchev–Trinajstić information content (AvgIpc) is 2.12. The predicted molar refractivity (Wildman–Crippen MR) is 61.8 cm³/mol. The molecule has 0 atom stereocenters. The zero-order valence-corrected chi connectivity index (χ0v) is 9.58. The van der Waals surface area contributed by atoms with Gasteiger partial charge in [-0.3, -0.25) is 5.41 Å². The lowest BCUT2D eigenvalue weighted by Gasteiger charge is -2.17. The van der Waals surface area contributed by atoms with Crippen molar-refractivity contribution < 1.29 is 0 Å². The molecule has 0 bridgehead atoms. The SMILES string of the molecule is CN(C(=N)N)c1cc(Cl)c(Cl)c(Cl)c1. The van der Waals surface area contributed by atoms with Crippen LogP contribution in [0.3, 0.4) is 0 Å². The lowest BCUT2D eigenvalue weighted by Crippen LogP contribution is -2.32. The molecule has 0 unspecified atom stereocenters. The van der Waals surface area contributed by atoms with Gasteiger partial charge in [0.05, 0.1) is 15.1 Å². The van der Waals surface area contributed by atoms with Crippen molar-refractivity contribution in [2.45, 2.75) is 0 Å². The van der Waals surface area contributed by atoms with Gasteiger partial charge >= 0.3 is 0 Å². The molecular formula is C8H8Cl3N3. The summed E-state index contributed by atoms with van der Waals surface area (Å²) in [6, 6.07) is 3.19. The van der Waals surface area contributed by atoms with Crippen LogP contribution in [0.15, 0.2) is 12.1 Å². The van der Waals surface area contributed by atoms with E-state index in [1.165, 1.54) is 4.90 Å². The minimum absolute atomic E-state index is 0.0977. The maximum atomic E-state index is 7.22. The lowest BCUT2D eigenvalue weighted by atomic mass is 10.3. The molecule has 0 saturated heterocycles. The van der Waals surface area contributed by atoms with Crippen molar-refractivity contribution in [3.63, 3.8) is 0 Å². The third-order valence-electron chi connectivity index (χ3n) is 1.72. The van der Waals surface area contributed by atoms with E-state index >= 15 is 0 Å². The Labute approximate surface area is 96.9 Å². The van der Waals surface area contributed by atoms with E-state index in [0.29, 0.717) is 20.8 Å². The molecule has 0 amide bonds. The normalized spacial score (nSPS) is 10.0. The fourth-order valence-electron chi connectivity index (χ4n) is 0.875. The Hall–Kier alpha value is -0.640. The summed E-state index contributed by atoms with van der Waals surface area (Å²) in [5, 5.41) is 8.19. The summed E-state index contributed by atoms with van der Waals surface area (Å²) in [5.74, 6) is -0.0977. The van der Waals surface area contributed by atoms with E-state index in [1.807, 2.05) is 0 Å². The maximum absolute atomic E-state index is 7.22. The number of guanidine groups is 1. The second kappa shape index (κ2) is 4.26. The molecule has 1 aromatic carbocycles. The van der Waals surface area contributed by atoms with E-state index in [2.05, 4.69) is 0 Å². The molecule has 0 aliphatic carbocycles. The molecule has 0 aliphatic heterocycles. The fourth-order valence-corrected chi connectivity index (χ4v) is 1.46. The molecule has 3 N–H and O–H groups in total. The summed E-state index contributed by atoms with van der Waals surface area (Å²) >= 11 is 17.4. The summed E-state index contributed by atoms with van der Waals surface area (Å²) in [5.41, 5.74) is 5.92. The Morgan fingerprint density at radius 1 is 1.29 bits per heavy atom. The van der Waals surface area contributed by atoms with Gasteiger partial charge in [-0.2, -0.15) is 0 Å². The molecule has 0 aromatic heterocycles. The van der Waals surface area contributed by atoms with Crippen LogP contribution in [-0.4, -0.2) is 13.0 Å². The van der Waals surface area contributed by atoms with E-state index in [4.69, 9.17) is 45.9 Å². The van der Waals surface area contributed by atoms with Crippen molar-refractivity contribution in [2.75, 3.05) is 11.9 Å². The highest BCUT2D eigenvalue weighted by Crippen LogP contribution is 2.34. The molecule has 0 heterocycles. The van der Waals surface area contributed by atoms with Gasteiger partial charge in [0.25, 0.3) is 0 Å². The molecule has 0 fully saturated rings. The molecule has 6 heteroatoms. The third-order valence-corrected chi connectivity index (χ3v) is 2.91. The minimum atomic E-state index is -0.0977. The van der Waals surface area contributed by atoms with Crippen LogP contribution >= 0.6 is 34.8 Å². The number of rotatable bonds is 1. The molecule has 3 nitrogen and oxygen atoms in total. The van der Waals surface area contributed by atoms with Crippen LogP contribution < -0.4 is 10.6 Å². The van der Waals surface area contributed by atoms with Gasteiger partial charge in [0.1, 0.15) is 0 Å². The number of nitrogens with two attached hydrogens (primary N) is 1. The van der Waals surface area contributed by atoms with E-state index in [-0.39, 0.29) is 5.96 Å². The number of anilines is 1. The standard InChI is InChI=1S/C8H8Cl3N3/c1-14(8(12)13)4-2-5(9)7(11)6(10)3-4/h2-3H,1H3,(H3,12,13). The van der Waals surface area contributed by atoms with Crippen LogP contribution in [0, 0.1) is 5.41 Å². The van der Waals surface area contributed by atoms with Crippen LogP contribution in [0.5, 0.6) is 0 Å². The molecule has 0 saturated carbocycles. The Balaban J connectivity index is 3.19. The van der Waals surface area contributed by atoms with Gasteiger partial charge in [0.15, 0.2) is 5.96 Å². The van der Waals surface area contributed by atoms with Gasteiger partial charge in [-0.05, 0) is 12.1 Å². The average molecular weight is 253 g/mol. The fraction of sp³-hybridized carbons (Fsp3) is 0.125. The smallest absolute Gasteiger partial charge is 0.192 e. The van der Waals surface area contributed by atoms with Gasteiger partial charge in [0.2, 0.25) is 0 Å². The zero-order chi connectivity index (χ0) is 10.9. The topological polar surface area (TPSA) is 53.1 Å². The quantitative estimate of drug-likeness (QED) is 0.459. The van der Waals surface area contributed by atoms with Gasteiger partial charge in [-0.1, -0.05) is 34.8 Å². The van der Waals surface area contributed by atoms with Crippen molar-refractivity contribution >= 4 is 46.4 Å². The van der Waals surface area contributed by atoms with Crippen molar-refractivity contribution in [1.82, 2.24) is 0 Å². The predicted octanol–water partition coefficient (Wildman–Crippen LogP) is 2.98. The number of benzene rings is 1. The highest BCUT2D eigenvalue weighted by atomic mass is 35.5. The summed E-state index contributed by atoms with van der Waals surface area (Å²) in [6.07, 6.45) is 0. The van der Waals surface area contributed by atoms with E-state index in [9.17, 15) is 0 Å². The van der Waals surface area contributed by atoms with Crippen LogP contribution in [0.4, 0.5) is 5.69 Å². The monoisotopic (exact) mass is 251 g/mol. The van der Waals surface area contributed by atoms with E-state index in [0.717, 1.165) is 0 Å². The van der Waals surface area contributed by atoms with Crippen LogP contribution in [0.25, 0.3) is 0 Å². The van der Waals surface area contributed by atoms with Gasteiger partial charge < -0.3 is 10.6 Å². The Bertz CT molecular complexity index is 355. The number of halogens is 3. The van der Waals surface area contributed by atoms with Gasteiger partial charge in [-0.25, -0.2) is 0 Å². The molecule has 0 aliphatic rings. The summed E-state index contributed by atoms with van der Waals surface area (Å²) in [4.78, 5) is 1.44. The van der Waals surface area contributed by atoms with E-state index < -0.39 is 0 Å². The number of nitrogens with one attached hydrogen (secondary N) is 1. The van der Waals surface area contributed by atoms with Gasteiger partial charge in [0, 0.05) is 12.7 Å². The first-order chi connectivity index (χ1) is 6.43. The summed E-state index contributed by atoms with van der Waals surface area (Å²) in [7, 11) is 1.64. The molecular weight excluding hydrogens is 244 g/mol. The summed E-state index contributed by atoms with van der Waals surface area (Å²) < 4.78 is 0. The summed E-state index contributed by atoms with van der Waals surface area (Å²) in [6.45, 7) is 0. The second-order valence-corrected chi connectivity index (χ2v) is 3.86. The van der Waals surface area contributed by atoms with Crippen LogP contribution in [0.2, 0.25) is 15.1 Å². The molecule has 1 aromatic rings. The first-order valence-corrected chi connectivity index (χ1v) is 4.79. The molecule has 14 heavy (non-hydrogen) atoms. The highest BCUT2D eigenvalue weighted by molar-refractivity contribution is 6.48. The molecule has 0 radical (unpaired) electrons.